The van der Waals surface area contributed by atoms with Gasteiger partial charge >= 0.3 is 0 Å². The largest absolute Gasteiger partial charge is 0.497 e. The molecule has 0 atom stereocenters. The van der Waals surface area contributed by atoms with E-state index in [-0.39, 0.29) is 24.4 Å². The number of aromatic amines is 1. The van der Waals surface area contributed by atoms with Crippen LogP contribution in [0, 0.1) is 13.8 Å². The second-order valence-electron chi connectivity index (χ2n) is 6.47. The summed E-state index contributed by atoms with van der Waals surface area (Å²) in [5.74, 6) is 0.623. The van der Waals surface area contributed by atoms with Gasteiger partial charge in [-0.3, -0.25) is 9.59 Å². The molecule has 0 fully saturated rings. The number of hydrogen-bond donors (Lipinski definition) is 2. The average molecular weight is 350 g/mol. The first-order valence-electron chi connectivity index (χ1n) is 8.49. The second kappa shape index (κ2) is 7.44. The zero-order chi connectivity index (χ0) is 18.7. The molecule has 0 aliphatic heterocycles. The number of aromatic nitrogens is 1. The van der Waals surface area contributed by atoms with Crippen molar-refractivity contribution in [1.82, 2.24) is 10.3 Å². The lowest BCUT2D eigenvalue weighted by Crippen LogP contribution is -2.28. The van der Waals surface area contributed by atoms with Crippen LogP contribution in [0.2, 0.25) is 0 Å². The molecule has 1 amide bonds. The number of fused-ring (bicyclic) bond motifs is 1. The van der Waals surface area contributed by atoms with Crippen LogP contribution in [-0.2, 0) is 17.8 Å². The fourth-order valence-electron chi connectivity index (χ4n) is 3.03. The molecule has 5 nitrogen and oxygen atoms in total. The number of carbonyl (C=O) groups excluding carboxylic acids is 1. The van der Waals surface area contributed by atoms with Crippen molar-refractivity contribution in [2.45, 2.75) is 26.8 Å². The number of amides is 1. The molecule has 2 N–H and O–H groups in total. The molecule has 0 aliphatic rings. The van der Waals surface area contributed by atoms with Gasteiger partial charge in [-0.25, -0.2) is 0 Å². The van der Waals surface area contributed by atoms with Gasteiger partial charge in [0.25, 0.3) is 5.56 Å². The maximum atomic E-state index is 12.3. The highest BCUT2D eigenvalue weighted by molar-refractivity contribution is 5.83. The zero-order valence-electron chi connectivity index (χ0n) is 15.2. The standard InChI is InChI=1S/C21H22N2O3/c1-13-8-14(2)18-11-16(21(25)23-19(18)9-13)12-22-20(24)10-15-4-6-17(26-3)7-5-15/h4-9,11H,10,12H2,1-3H3,(H,22,24)(H,23,25). The Balaban J connectivity index is 1.71. The van der Waals surface area contributed by atoms with Gasteiger partial charge in [-0.2, -0.15) is 0 Å². The van der Waals surface area contributed by atoms with Crippen molar-refractivity contribution >= 4 is 16.8 Å². The van der Waals surface area contributed by atoms with Crippen molar-refractivity contribution in [3.05, 3.63) is 75.1 Å². The summed E-state index contributed by atoms with van der Waals surface area (Å²) in [6, 6.07) is 13.2. The minimum absolute atomic E-state index is 0.129. The average Bonchev–Trinajstić information content (AvgIpc) is 2.60. The van der Waals surface area contributed by atoms with Crippen LogP contribution in [0.5, 0.6) is 5.75 Å². The highest BCUT2D eigenvalue weighted by Crippen LogP contribution is 2.18. The SMILES string of the molecule is COc1ccc(CC(=O)NCc2cc3c(C)cc(C)cc3[nH]c2=O)cc1. The molecule has 1 heterocycles. The van der Waals surface area contributed by atoms with E-state index < -0.39 is 0 Å². The number of pyridine rings is 1. The number of carbonyl (C=O) groups is 1. The first kappa shape index (κ1) is 17.7. The minimum Gasteiger partial charge on any atom is -0.497 e. The van der Waals surface area contributed by atoms with Gasteiger partial charge in [-0.15, -0.1) is 0 Å². The van der Waals surface area contributed by atoms with Gasteiger partial charge < -0.3 is 15.0 Å². The summed E-state index contributed by atoms with van der Waals surface area (Å²) < 4.78 is 5.11. The Labute approximate surface area is 152 Å². The van der Waals surface area contributed by atoms with E-state index >= 15 is 0 Å². The monoisotopic (exact) mass is 350 g/mol. The van der Waals surface area contributed by atoms with Crippen molar-refractivity contribution in [1.29, 1.82) is 0 Å². The van der Waals surface area contributed by atoms with Crippen molar-refractivity contribution in [3.8, 4) is 5.75 Å². The second-order valence-corrected chi connectivity index (χ2v) is 6.47. The van der Waals surface area contributed by atoms with Crippen LogP contribution in [0.1, 0.15) is 22.3 Å². The summed E-state index contributed by atoms with van der Waals surface area (Å²) in [5.41, 5.74) is 4.29. The lowest BCUT2D eigenvalue weighted by atomic mass is 10.0. The van der Waals surface area contributed by atoms with E-state index in [9.17, 15) is 9.59 Å². The molecule has 0 bridgehead atoms. The van der Waals surface area contributed by atoms with Gasteiger partial charge in [-0.05, 0) is 54.8 Å². The molecule has 3 aromatic rings. The molecule has 5 heteroatoms. The summed E-state index contributed by atoms with van der Waals surface area (Å²) >= 11 is 0. The number of benzene rings is 2. The van der Waals surface area contributed by atoms with Gasteiger partial charge in [0.15, 0.2) is 0 Å². The topological polar surface area (TPSA) is 71.2 Å². The van der Waals surface area contributed by atoms with Gasteiger partial charge in [-0.1, -0.05) is 18.2 Å². The van der Waals surface area contributed by atoms with Crippen molar-refractivity contribution in [2.75, 3.05) is 7.11 Å². The fourth-order valence-corrected chi connectivity index (χ4v) is 3.03. The molecular formula is C21H22N2O3. The Morgan fingerprint density at radius 1 is 1.12 bits per heavy atom. The summed E-state index contributed by atoms with van der Waals surface area (Å²) in [4.78, 5) is 27.4. The Morgan fingerprint density at radius 3 is 2.54 bits per heavy atom. The Bertz CT molecular complexity index is 1000. The molecule has 3 rings (SSSR count). The van der Waals surface area contributed by atoms with Crippen LogP contribution in [-0.4, -0.2) is 18.0 Å². The number of methoxy groups -OCH3 is 1. The molecule has 2 aromatic carbocycles. The van der Waals surface area contributed by atoms with Crippen molar-refractivity contribution in [2.24, 2.45) is 0 Å². The number of hydrogen-bond acceptors (Lipinski definition) is 3. The van der Waals surface area contributed by atoms with Crippen LogP contribution >= 0.6 is 0 Å². The number of nitrogens with one attached hydrogen (secondary N) is 2. The number of H-pyrrole nitrogens is 1. The third-order valence-corrected chi connectivity index (χ3v) is 4.39. The smallest absolute Gasteiger partial charge is 0.253 e. The van der Waals surface area contributed by atoms with Gasteiger partial charge in [0.1, 0.15) is 5.75 Å². The molecular weight excluding hydrogens is 328 g/mol. The van der Waals surface area contributed by atoms with E-state index in [2.05, 4.69) is 16.4 Å². The van der Waals surface area contributed by atoms with E-state index in [1.54, 1.807) is 7.11 Å². The molecule has 134 valence electrons. The molecule has 0 unspecified atom stereocenters. The van der Waals surface area contributed by atoms with E-state index in [1.807, 2.05) is 50.2 Å². The summed E-state index contributed by atoms with van der Waals surface area (Å²) in [7, 11) is 1.60. The first-order chi connectivity index (χ1) is 12.5. The normalized spacial score (nSPS) is 10.7. The molecule has 0 saturated carbocycles. The first-order valence-corrected chi connectivity index (χ1v) is 8.49. The van der Waals surface area contributed by atoms with Crippen molar-refractivity contribution < 1.29 is 9.53 Å². The number of ether oxygens (including phenoxy) is 1. The molecule has 0 radical (unpaired) electrons. The third-order valence-electron chi connectivity index (χ3n) is 4.39. The molecule has 1 aromatic heterocycles. The zero-order valence-corrected chi connectivity index (χ0v) is 15.2. The van der Waals surface area contributed by atoms with Crippen LogP contribution in [0.4, 0.5) is 0 Å². The van der Waals surface area contributed by atoms with E-state index in [0.29, 0.717) is 5.56 Å². The molecule has 0 aliphatic carbocycles. The Morgan fingerprint density at radius 2 is 1.85 bits per heavy atom. The number of aryl methyl sites for hydroxylation is 2. The van der Waals surface area contributed by atoms with Gasteiger partial charge in [0.05, 0.1) is 13.5 Å². The summed E-state index contributed by atoms with van der Waals surface area (Å²) in [6.07, 6.45) is 0.258. The third kappa shape index (κ3) is 3.94. The Hall–Kier alpha value is -3.08. The van der Waals surface area contributed by atoms with Crippen LogP contribution in [0.25, 0.3) is 10.9 Å². The minimum atomic E-state index is -0.174. The van der Waals surface area contributed by atoms with Crippen LogP contribution in [0.15, 0.2) is 47.3 Å². The highest BCUT2D eigenvalue weighted by Gasteiger charge is 2.08. The molecule has 0 saturated heterocycles. The van der Waals surface area contributed by atoms with Gasteiger partial charge in [0, 0.05) is 23.0 Å². The van der Waals surface area contributed by atoms with E-state index in [4.69, 9.17) is 4.74 Å². The highest BCUT2D eigenvalue weighted by atomic mass is 16.5. The fraction of sp³-hybridized carbons (Fsp3) is 0.238. The summed E-state index contributed by atoms with van der Waals surface area (Å²) in [5, 5.41) is 3.82. The van der Waals surface area contributed by atoms with E-state index in [1.165, 1.54) is 0 Å². The lowest BCUT2D eigenvalue weighted by molar-refractivity contribution is -0.120. The van der Waals surface area contributed by atoms with Crippen LogP contribution in [0.3, 0.4) is 0 Å². The Kier molecular flexibility index (Phi) is 5.07. The predicted molar refractivity (Wildman–Crippen MR) is 103 cm³/mol. The predicted octanol–water partition coefficient (Wildman–Crippen LogP) is 3.01. The molecule has 26 heavy (non-hydrogen) atoms. The summed E-state index contributed by atoms with van der Waals surface area (Å²) in [6.45, 7) is 4.21. The lowest BCUT2D eigenvalue weighted by Gasteiger charge is -2.09. The van der Waals surface area contributed by atoms with Crippen molar-refractivity contribution in [3.63, 3.8) is 0 Å². The van der Waals surface area contributed by atoms with Crippen LogP contribution < -0.4 is 15.6 Å². The molecule has 0 spiro atoms. The quantitative estimate of drug-likeness (QED) is 0.743. The number of rotatable bonds is 5. The maximum absolute atomic E-state index is 12.3. The van der Waals surface area contributed by atoms with Gasteiger partial charge in [0.2, 0.25) is 5.91 Å². The maximum Gasteiger partial charge on any atom is 0.253 e. The van der Waals surface area contributed by atoms with E-state index in [0.717, 1.165) is 33.3 Å².